The Morgan fingerprint density at radius 2 is 1.23 bits per heavy atom. The molecule has 11 heteroatoms. The number of fused-ring (bicyclic) bond motifs is 1. The molecule has 0 saturated heterocycles. The fourth-order valence-electron chi connectivity index (χ4n) is 3.48. The summed E-state index contributed by atoms with van der Waals surface area (Å²) in [7, 11) is 0. The molecule has 0 aliphatic heterocycles. The largest absolute Gasteiger partial charge is 0.458 e. The van der Waals surface area contributed by atoms with Crippen LogP contribution in [0, 0.1) is 52.8 Å². The van der Waals surface area contributed by atoms with Gasteiger partial charge >= 0.3 is 12.3 Å². The van der Waals surface area contributed by atoms with E-state index in [2.05, 4.69) is 16.6 Å². The number of ether oxygens (including phenoxy) is 1. The molecule has 0 N–H and O–H groups in total. The van der Waals surface area contributed by atoms with Gasteiger partial charge < -0.3 is 4.74 Å². The lowest BCUT2D eigenvalue weighted by Gasteiger charge is -2.20. The van der Waals surface area contributed by atoms with E-state index < -0.39 is 69.0 Å². The van der Waals surface area contributed by atoms with Crippen LogP contribution in [0.3, 0.4) is 0 Å². The molecule has 0 heterocycles. The zero-order chi connectivity index (χ0) is 28.5. The van der Waals surface area contributed by atoms with Gasteiger partial charge in [0.05, 0.1) is 10.9 Å². The third-order valence-electron chi connectivity index (χ3n) is 5.09. The number of benzene rings is 4. The van der Waals surface area contributed by atoms with Crippen LogP contribution in [0.15, 0.2) is 60.7 Å². The van der Waals surface area contributed by atoms with Crippen LogP contribution in [0.5, 0.6) is 5.75 Å². The monoisotopic (exact) mass is 552 g/mol. The summed E-state index contributed by atoms with van der Waals surface area (Å²) in [4.78, 5) is 0. The minimum Gasteiger partial charge on any atom is -0.429 e. The average molecular weight is 552 g/mol. The third kappa shape index (κ3) is 6.10. The average Bonchev–Trinajstić information content (AvgIpc) is 2.81. The Hall–Kier alpha value is -4.64. The fraction of sp³-hybridized carbons (Fsp3) is 0.0714. The number of hydrogen-bond donors (Lipinski definition) is 0. The van der Waals surface area contributed by atoms with Gasteiger partial charge in [0.15, 0.2) is 5.82 Å². The molecule has 1 nitrogen and oxygen atoms in total. The smallest absolute Gasteiger partial charge is 0.429 e. The molecular weight excluding hydrogens is 542 g/mol. The van der Waals surface area contributed by atoms with Gasteiger partial charge in [0.25, 0.3) is 0 Å². The molecule has 4 aromatic rings. The molecule has 0 aromatic heterocycles. The van der Waals surface area contributed by atoms with Crippen molar-refractivity contribution in [3.8, 4) is 29.4 Å². The minimum atomic E-state index is -5.10. The highest BCUT2D eigenvalue weighted by molar-refractivity contribution is 5.87. The van der Waals surface area contributed by atoms with Crippen molar-refractivity contribution < 1.29 is 48.6 Å². The van der Waals surface area contributed by atoms with Crippen LogP contribution >= 0.6 is 0 Å². The number of halogens is 10. The Labute approximate surface area is 213 Å². The van der Waals surface area contributed by atoms with Crippen molar-refractivity contribution in [2.45, 2.75) is 12.3 Å². The molecule has 0 amide bonds. The first-order chi connectivity index (χ1) is 18.2. The zero-order valence-corrected chi connectivity index (χ0v) is 19.0. The van der Waals surface area contributed by atoms with Crippen molar-refractivity contribution in [1.82, 2.24) is 0 Å². The molecule has 0 radical (unpaired) electrons. The highest BCUT2D eigenvalue weighted by Crippen LogP contribution is 2.38. The van der Waals surface area contributed by atoms with Gasteiger partial charge in [0.1, 0.15) is 34.6 Å². The summed E-state index contributed by atoms with van der Waals surface area (Å²) >= 11 is 0. The minimum absolute atomic E-state index is 0.188. The quantitative estimate of drug-likeness (QED) is 0.185. The highest BCUT2D eigenvalue weighted by Gasteiger charge is 2.41. The topological polar surface area (TPSA) is 9.23 Å². The van der Waals surface area contributed by atoms with Crippen molar-refractivity contribution in [1.29, 1.82) is 0 Å². The fourth-order valence-corrected chi connectivity index (χ4v) is 3.48. The van der Waals surface area contributed by atoms with Gasteiger partial charge in [0, 0.05) is 23.1 Å². The predicted octanol–water partition coefficient (Wildman–Crippen LogP) is 7.98. The molecule has 0 bridgehead atoms. The van der Waals surface area contributed by atoms with Gasteiger partial charge in [-0.3, -0.25) is 0 Å². The first-order valence-electron chi connectivity index (χ1n) is 10.6. The predicted molar refractivity (Wildman–Crippen MR) is 120 cm³/mol. The molecule has 0 fully saturated rings. The van der Waals surface area contributed by atoms with E-state index in [1.54, 1.807) is 30.3 Å². The van der Waals surface area contributed by atoms with Crippen molar-refractivity contribution >= 4 is 10.8 Å². The second-order valence-electron chi connectivity index (χ2n) is 7.85. The van der Waals surface area contributed by atoms with Gasteiger partial charge in [0.2, 0.25) is 0 Å². The SMILES string of the molecule is Fc1cc2cc(OC(F)(F)c3c(F)cc(C#Cc4ccccc4)cc3F)cc(F)c2c(F)c1C#CC(F)(F)F. The van der Waals surface area contributed by atoms with Crippen LogP contribution in [0.4, 0.5) is 43.9 Å². The van der Waals surface area contributed by atoms with Gasteiger partial charge in [-0.15, -0.1) is 0 Å². The van der Waals surface area contributed by atoms with Gasteiger partial charge in [-0.2, -0.15) is 22.0 Å². The number of rotatable bonds is 3. The Bertz CT molecular complexity index is 1680. The van der Waals surface area contributed by atoms with Crippen LogP contribution in [0.2, 0.25) is 0 Å². The van der Waals surface area contributed by atoms with Crippen molar-refractivity contribution in [3.05, 3.63) is 112 Å². The van der Waals surface area contributed by atoms with E-state index >= 15 is 0 Å². The highest BCUT2D eigenvalue weighted by atomic mass is 19.4. The van der Waals surface area contributed by atoms with Crippen molar-refractivity contribution in [3.63, 3.8) is 0 Å². The van der Waals surface area contributed by atoms with Gasteiger partial charge in [-0.1, -0.05) is 36.0 Å². The van der Waals surface area contributed by atoms with E-state index in [0.29, 0.717) is 35.7 Å². The van der Waals surface area contributed by atoms with E-state index in [1.165, 1.54) is 5.92 Å². The van der Waals surface area contributed by atoms with Gasteiger partial charge in [-0.25, -0.2) is 22.0 Å². The van der Waals surface area contributed by atoms with E-state index in [0.717, 1.165) is 0 Å². The molecule has 0 atom stereocenters. The molecule has 4 rings (SSSR count). The van der Waals surface area contributed by atoms with Crippen LogP contribution in [-0.2, 0) is 6.11 Å². The standard InChI is InChI=1S/C28H10F10O/c29-20-13-17-12-18(14-21(30)24(17)26(33)19(20)8-9-27(34,35)36)39-28(37,38)25-22(31)10-16(11-23(25)32)7-6-15-4-2-1-3-5-15/h1-5,10-14H. The Balaban J connectivity index is 1.69. The Kier molecular flexibility index (Phi) is 7.21. The lowest BCUT2D eigenvalue weighted by atomic mass is 10.0. The first kappa shape index (κ1) is 27.4. The Morgan fingerprint density at radius 3 is 1.85 bits per heavy atom. The summed E-state index contributed by atoms with van der Waals surface area (Å²) < 4.78 is 143. The van der Waals surface area contributed by atoms with Crippen molar-refractivity contribution in [2.24, 2.45) is 0 Å². The molecule has 0 saturated carbocycles. The molecule has 198 valence electrons. The second-order valence-corrected chi connectivity index (χ2v) is 7.85. The number of hydrogen-bond acceptors (Lipinski definition) is 1. The van der Waals surface area contributed by atoms with Gasteiger partial charge in [-0.05, 0) is 41.8 Å². The summed E-state index contributed by atoms with van der Waals surface area (Å²) in [5.41, 5.74) is -3.04. The maximum Gasteiger partial charge on any atom is 0.458 e. The third-order valence-corrected chi connectivity index (χ3v) is 5.09. The normalized spacial score (nSPS) is 11.4. The summed E-state index contributed by atoms with van der Waals surface area (Å²) in [5.74, 6) is -2.82. The number of alkyl halides is 5. The van der Waals surface area contributed by atoms with E-state index in [9.17, 15) is 43.9 Å². The van der Waals surface area contributed by atoms with Crippen LogP contribution < -0.4 is 4.74 Å². The lowest BCUT2D eigenvalue weighted by molar-refractivity contribution is -0.189. The Morgan fingerprint density at radius 1 is 0.615 bits per heavy atom. The molecule has 39 heavy (non-hydrogen) atoms. The lowest BCUT2D eigenvalue weighted by Crippen LogP contribution is -2.25. The van der Waals surface area contributed by atoms with Crippen LogP contribution in [-0.4, -0.2) is 6.18 Å². The molecule has 0 aliphatic carbocycles. The maximum atomic E-state index is 14.8. The molecule has 0 unspecified atom stereocenters. The van der Waals surface area contributed by atoms with Crippen molar-refractivity contribution in [2.75, 3.05) is 0 Å². The second kappa shape index (κ2) is 10.3. The molecule has 4 aromatic carbocycles. The van der Waals surface area contributed by atoms with E-state index in [4.69, 9.17) is 0 Å². The maximum absolute atomic E-state index is 14.8. The molecule has 0 aliphatic rings. The summed E-state index contributed by atoms with van der Waals surface area (Å²) in [6, 6.07) is 10.3. The molecular formula is C28H10F10O. The van der Waals surface area contributed by atoms with Crippen LogP contribution in [0.25, 0.3) is 10.8 Å². The van der Waals surface area contributed by atoms with E-state index in [1.807, 2.05) is 0 Å². The summed E-state index contributed by atoms with van der Waals surface area (Å²) in [6.07, 6.45) is -9.85. The molecule has 0 spiro atoms. The van der Waals surface area contributed by atoms with Crippen LogP contribution in [0.1, 0.15) is 22.3 Å². The summed E-state index contributed by atoms with van der Waals surface area (Å²) in [6.45, 7) is 0. The zero-order valence-electron chi connectivity index (χ0n) is 19.0. The summed E-state index contributed by atoms with van der Waals surface area (Å²) in [5, 5.41) is -1.81. The van der Waals surface area contributed by atoms with E-state index in [-0.39, 0.29) is 11.6 Å². The first-order valence-corrected chi connectivity index (χ1v) is 10.6.